The van der Waals surface area contributed by atoms with E-state index in [-0.39, 0.29) is 24.2 Å². The first-order valence-corrected chi connectivity index (χ1v) is 7.85. The van der Waals surface area contributed by atoms with E-state index in [4.69, 9.17) is 11.6 Å². The van der Waals surface area contributed by atoms with E-state index in [9.17, 15) is 9.59 Å². The van der Waals surface area contributed by atoms with Crippen molar-refractivity contribution in [3.63, 3.8) is 0 Å². The van der Waals surface area contributed by atoms with Gasteiger partial charge in [0.05, 0.1) is 5.92 Å². The minimum absolute atomic E-state index is 0.0285. The molecule has 0 bridgehead atoms. The molecule has 118 valence electrons. The Morgan fingerprint density at radius 2 is 1.96 bits per heavy atom. The quantitative estimate of drug-likeness (QED) is 0.935. The van der Waals surface area contributed by atoms with E-state index in [1.807, 2.05) is 43.3 Å². The van der Waals surface area contributed by atoms with Gasteiger partial charge in [0.15, 0.2) is 0 Å². The minimum atomic E-state index is -0.360. The Labute approximate surface area is 140 Å². The van der Waals surface area contributed by atoms with E-state index in [1.165, 1.54) is 0 Å². The van der Waals surface area contributed by atoms with Crippen molar-refractivity contribution >= 4 is 34.8 Å². The molecule has 3 rings (SSSR count). The average molecular weight is 329 g/mol. The number of nitrogens with one attached hydrogen (secondary N) is 1. The normalized spacial score (nSPS) is 17.4. The van der Waals surface area contributed by atoms with Gasteiger partial charge in [0.2, 0.25) is 11.8 Å². The maximum Gasteiger partial charge on any atom is 0.229 e. The Morgan fingerprint density at radius 3 is 2.70 bits per heavy atom. The van der Waals surface area contributed by atoms with Crippen molar-refractivity contribution in [1.82, 2.24) is 0 Å². The molecule has 1 saturated heterocycles. The van der Waals surface area contributed by atoms with Gasteiger partial charge < -0.3 is 10.2 Å². The molecule has 1 atom stereocenters. The van der Waals surface area contributed by atoms with Crippen molar-refractivity contribution in [3.8, 4) is 0 Å². The zero-order valence-corrected chi connectivity index (χ0v) is 13.5. The van der Waals surface area contributed by atoms with Crippen LogP contribution >= 0.6 is 11.6 Å². The number of nitrogens with zero attached hydrogens (tertiary/aromatic N) is 1. The van der Waals surface area contributed by atoms with Crippen LogP contribution in [0.4, 0.5) is 11.4 Å². The van der Waals surface area contributed by atoms with Gasteiger partial charge in [-0.05, 0) is 36.8 Å². The van der Waals surface area contributed by atoms with Crippen LogP contribution in [0.15, 0.2) is 48.5 Å². The van der Waals surface area contributed by atoms with Gasteiger partial charge >= 0.3 is 0 Å². The zero-order valence-electron chi connectivity index (χ0n) is 12.8. The van der Waals surface area contributed by atoms with E-state index in [0.29, 0.717) is 17.3 Å². The number of halogens is 1. The monoisotopic (exact) mass is 328 g/mol. The molecule has 0 aromatic heterocycles. The van der Waals surface area contributed by atoms with E-state index in [1.54, 1.807) is 17.0 Å². The van der Waals surface area contributed by atoms with Crippen molar-refractivity contribution in [2.45, 2.75) is 13.3 Å². The first-order chi connectivity index (χ1) is 11.0. The van der Waals surface area contributed by atoms with Crippen LogP contribution in [0.5, 0.6) is 0 Å². The summed E-state index contributed by atoms with van der Waals surface area (Å²) in [6.45, 7) is 2.30. The van der Waals surface area contributed by atoms with Gasteiger partial charge in [0, 0.05) is 29.4 Å². The molecule has 2 aromatic carbocycles. The maximum atomic E-state index is 12.5. The summed E-state index contributed by atoms with van der Waals surface area (Å²) < 4.78 is 0. The number of carbonyl (C=O) groups excluding carboxylic acids is 2. The fraction of sp³-hybridized carbons (Fsp3) is 0.222. The highest BCUT2D eigenvalue weighted by atomic mass is 35.5. The molecule has 1 fully saturated rings. The highest BCUT2D eigenvalue weighted by molar-refractivity contribution is 6.31. The smallest absolute Gasteiger partial charge is 0.229 e. The summed E-state index contributed by atoms with van der Waals surface area (Å²) in [5, 5.41) is 3.45. The van der Waals surface area contributed by atoms with Crippen molar-refractivity contribution < 1.29 is 9.59 Å². The van der Waals surface area contributed by atoms with Gasteiger partial charge in [0.1, 0.15) is 0 Å². The molecule has 1 N–H and O–H groups in total. The van der Waals surface area contributed by atoms with Crippen molar-refractivity contribution in [3.05, 3.63) is 59.1 Å². The molecule has 1 unspecified atom stereocenters. The lowest BCUT2D eigenvalue weighted by molar-refractivity contribution is -0.122. The van der Waals surface area contributed by atoms with Crippen LogP contribution in [0.3, 0.4) is 0 Å². The molecule has 1 aliphatic rings. The average Bonchev–Trinajstić information content (AvgIpc) is 2.94. The molecular weight excluding hydrogens is 312 g/mol. The predicted octanol–water partition coefficient (Wildman–Crippen LogP) is 3.64. The summed E-state index contributed by atoms with van der Waals surface area (Å²) in [5.41, 5.74) is 2.45. The number of hydrogen-bond donors (Lipinski definition) is 1. The standard InChI is InChI=1S/C18H17ClN2O2/c1-12-7-8-14(19)10-16(12)20-18(23)13-9-17(22)21(11-13)15-5-3-2-4-6-15/h2-8,10,13H,9,11H2,1H3,(H,20,23). The second-order valence-corrected chi connectivity index (χ2v) is 6.13. The summed E-state index contributed by atoms with van der Waals surface area (Å²) in [5.74, 6) is -0.539. The second-order valence-electron chi connectivity index (χ2n) is 5.69. The lowest BCUT2D eigenvalue weighted by Gasteiger charge is -2.17. The molecule has 1 aliphatic heterocycles. The number of hydrogen-bond acceptors (Lipinski definition) is 2. The highest BCUT2D eigenvalue weighted by Gasteiger charge is 2.35. The summed E-state index contributed by atoms with van der Waals surface area (Å²) in [6, 6.07) is 14.8. The number of anilines is 2. The molecule has 1 heterocycles. The molecule has 5 heteroatoms. The van der Waals surface area contributed by atoms with Gasteiger partial charge in [0.25, 0.3) is 0 Å². The van der Waals surface area contributed by atoms with Crippen LogP contribution in [0, 0.1) is 12.8 Å². The molecular formula is C18H17ClN2O2. The maximum absolute atomic E-state index is 12.5. The molecule has 4 nitrogen and oxygen atoms in total. The van der Waals surface area contributed by atoms with E-state index >= 15 is 0 Å². The molecule has 2 amide bonds. The molecule has 23 heavy (non-hydrogen) atoms. The Kier molecular flexibility index (Phi) is 4.35. The Balaban J connectivity index is 1.72. The first-order valence-electron chi connectivity index (χ1n) is 7.47. The molecule has 0 saturated carbocycles. The fourth-order valence-electron chi connectivity index (χ4n) is 2.70. The number of rotatable bonds is 3. The van der Waals surface area contributed by atoms with Crippen molar-refractivity contribution in [1.29, 1.82) is 0 Å². The second kappa shape index (κ2) is 6.42. The topological polar surface area (TPSA) is 49.4 Å². The summed E-state index contributed by atoms with van der Waals surface area (Å²) in [4.78, 5) is 26.3. The van der Waals surface area contributed by atoms with Crippen molar-refractivity contribution in [2.24, 2.45) is 5.92 Å². The molecule has 0 aliphatic carbocycles. The number of benzene rings is 2. The molecule has 0 radical (unpaired) electrons. The Bertz CT molecular complexity index is 746. The van der Waals surface area contributed by atoms with E-state index in [0.717, 1.165) is 11.3 Å². The molecule has 0 spiro atoms. The van der Waals surface area contributed by atoms with Crippen LogP contribution in [0.2, 0.25) is 5.02 Å². The van der Waals surface area contributed by atoms with Gasteiger partial charge in [-0.15, -0.1) is 0 Å². The van der Waals surface area contributed by atoms with E-state index < -0.39 is 0 Å². The van der Waals surface area contributed by atoms with Gasteiger partial charge in [-0.1, -0.05) is 35.9 Å². The number of para-hydroxylation sites is 1. The zero-order chi connectivity index (χ0) is 16.4. The van der Waals surface area contributed by atoms with Crippen LogP contribution in [-0.2, 0) is 9.59 Å². The Hall–Kier alpha value is -2.33. The van der Waals surface area contributed by atoms with Crippen LogP contribution in [-0.4, -0.2) is 18.4 Å². The third kappa shape index (κ3) is 3.37. The lowest BCUT2D eigenvalue weighted by atomic mass is 10.1. The molecule has 2 aromatic rings. The third-order valence-electron chi connectivity index (χ3n) is 4.02. The van der Waals surface area contributed by atoms with Crippen LogP contribution in [0.25, 0.3) is 0 Å². The Morgan fingerprint density at radius 1 is 1.22 bits per heavy atom. The first kappa shape index (κ1) is 15.6. The van der Waals surface area contributed by atoms with Crippen molar-refractivity contribution in [2.75, 3.05) is 16.8 Å². The highest BCUT2D eigenvalue weighted by Crippen LogP contribution is 2.27. The van der Waals surface area contributed by atoms with Gasteiger partial charge in [-0.25, -0.2) is 0 Å². The number of carbonyl (C=O) groups is 2. The van der Waals surface area contributed by atoms with Gasteiger partial charge in [-0.2, -0.15) is 0 Å². The van der Waals surface area contributed by atoms with Crippen LogP contribution < -0.4 is 10.2 Å². The third-order valence-corrected chi connectivity index (χ3v) is 4.26. The summed E-state index contributed by atoms with van der Waals surface area (Å²) in [6.07, 6.45) is 0.223. The summed E-state index contributed by atoms with van der Waals surface area (Å²) >= 11 is 5.97. The van der Waals surface area contributed by atoms with E-state index in [2.05, 4.69) is 5.32 Å². The minimum Gasteiger partial charge on any atom is -0.325 e. The summed E-state index contributed by atoms with van der Waals surface area (Å²) in [7, 11) is 0. The van der Waals surface area contributed by atoms with Crippen LogP contribution in [0.1, 0.15) is 12.0 Å². The lowest BCUT2D eigenvalue weighted by Crippen LogP contribution is -2.28. The largest absolute Gasteiger partial charge is 0.325 e. The predicted molar refractivity (Wildman–Crippen MR) is 91.7 cm³/mol. The number of aryl methyl sites for hydroxylation is 1. The van der Waals surface area contributed by atoms with Gasteiger partial charge in [-0.3, -0.25) is 9.59 Å². The number of amides is 2. The fourth-order valence-corrected chi connectivity index (χ4v) is 2.88. The SMILES string of the molecule is Cc1ccc(Cl)cc1NC(=O)C1CC(=O)N(c2ccccc2)C1.